The molecule has 0 saturated carbocycles. The van der Waals surface area contributed by atoms with Gasteiger partial charge in [-0.15, -0.1) is 12.3 Å². The van der Waals surface area contributed by atoms with Crippen molar-refractivity contribution in [2.45, 2.75) is 31.7 Å². The fraction of sp³-hybridized carbons (Fsp3) is 0.529. The minimum absolute atomic E-state index is 0.0750. The summed E-state index contributed by atoms with van der Waals surface area (Å²) in [6, 6.07) is 10.7. The SMILES string of the molecule is C#CCCCCN1CCNC(C)(c2ccccc2)C1. The number of unbranched alkanes of at least 4 members (excludes halogenated alkanes) is 2. The highest BCUT2D eigenvalue weighted by atomic mass is 15.2. The normalized spacial score (nSPS) is 24.0. The Labute approximate surface area is 117 Å². The quantitative estimate of drug-likeness (QED) is 0.643. The van der Waals surface area contributed by atoms with Crippen LogP contribution in [0.5, 0.6) is 0 Å². The third kappa shape index (κ3) is 3.83. The zero-order valence-corrected chi connectivity index (χ0v) is 11.9. The standard InChI is InChI=1S/C17H24N2/c1-3-4-5-9-13-19-14-12-18-17(2,15-19)16-10-7-6-8-11-16/h1,6-8,10-11,18H,4-5,9,12-15H2,2H3. The number of hydrogen-bond acceptors (Lipinski definition) is 2. The summed E-state index contributed by atoms with van der Waals surface area (Å²) >= 11 is 0. The van der Waals surface area contributed by atoms with Crippen LogP contribution in [0.1, 0.15) is 31.7 Å². The van der Waals surface area contributed by atoms with E-state index < -0.39 is 0 Å². The summed E-state index contributed by atoms with van der Waals surface area (Å²) < 4.78 is 0. The van der Waals surface area contributed by atoms with Gasteiger partial charge in [0.25, 0.3) is 0 Å². The van der Waals surface area contributed by atoms with Gasteiger partial charge in [0, 0.05) is 26.1 Å². The maximum Gasteiger partial charge on any atom is 0.0535 e. The van der Waals surface area contributed by atoms with Crippen LogP contribution in [0.15, 0.2) is 30.3 Å². The van der Waals surface area contributed by atoms with Gasteiger partial charge in [0.1, 0.15) is 0 Å². The van der Waals surface area contributed by atoms with Gasteiger partial charge >= 0.3 is 0 Å². The average Bonchev–Trinajstić information content (AvgIpc) is 2.45. The molecule has 1 heterocycles. The molecule has 0 aromatic heterocycles. The van der Waals surface area contributed by atoms with Crippen molar-refractivity contribution < 1.29 is 0 Å². The van der Waals surface area contributed by atoms with Crippen molar-refractivity contribution in [2.24, 2.45) is 0 Å². The van der Waals surface area contributed by atoms with Crippen molar-refractivity contribution >= 4 is 0 Å². The Morgan fingerprint density at radius 2 is 2.11 bits per heavy atom. The van der Waals surface area contributed by atoms with Crippen LogP contribution in [0.2, 0.25) is 0 Å². The molecule has 1 saturated heterocycles. The van der Waals surface area contributed by atoms with E-state index in [9.17, 15) is 0 Å². The van der Waals surface area contributed by atoms with Crippen molar-refractivity contribution in [2.75, 3.05) is 26.2 Å². The molecule has 1 aromatic carbocycles. The molecule has 0 aliphatic carbocycles. The lowest BCUT2D eigenvalue weighted by molar-refractivity contribution is 0.141. The van der Waals surface area contributed by atoms with Crippen molar-refractivity contribution in [3.8, 4) is 12.3 Å². The molecule has 1 N–H and O–H groups in total. The van der Waals surface area contributed by atoms with Crippen molar-refractivity contribution in [3.63, 3.8) is 0 Å². The first-order valence-corrected chi connectivity index (χ1v) is 7.21. The first kappa shape index (κ1) is 14.1. The van der Waals surface area contributed by atoms with E-state index in [0.29, 0.717) is 0 Å². The van der Waals surface area contributed by atoms with Gasteiger partial charge in [0.2, 0.25) is 0 Å². The number of rotatable bonds is 5. The van der Waals surface area contributed by atoms with Crippen LogP contribution < -0.4 is 5.32 Å². The van der Waals surface area contributed by atoms with E-state index >= 15 is 0 Å². The fourth-order valence-corrected chi connectivity index (χ4v) is 2.82. The molecule has 0 bridgehead atoms. The van der Waals surface area contributed by atoms with Gasteiger partial charge in [-0.3, -0.25) is 4.90 Å². The number of piperazine rings is 1. The van der Waals surface area contributed by atoms with Gasteiger partial charge < -0.3 is 5.32 Å². The predicted molar refractivity (Wildman–Crippen MR) is 80.9 cm³/mol. The molecule has 1 atom stereocenters. The Morgan fingerprint density at radius 1 is 1.32 bits per heavy atom. The maximum absolute atomic E-state index is 5.29. The summed E-state index contributed by atoms with van der Waals surface area (Å²) in [5, 5.41) is 3.67. The van der Waals surface area contributed by atoms with E-state index in [0.717, 1.165) is 39.0 Å². The monoisotopic (exact) mass is 256 g/mol. The number of nitrogens with zero attached hydrogens (tertiary/aromatic N) is 1. The van der Waals surface area contributed by atoms with Gasteiger partial charge in [-0.2, -0.15) is 0 Å². The average molecular weight is 256 g/mol. The van der Waals surface area contributed by atoms with E-state index in [1.807, 2.05) is 0 Å². The van der Waals surface area contributed by atoms with Crippen LogP contribution in [0.25, 0.3) is 0 Å². The third-order valence-corrected chi connectivity index (χ3v) is 3.94. The van der Waals surface area contributed by atoms with Gasteiger partial charge in [-0.05, 0) is 31.9 Å². The van der Waals surface area contributed by atoms with Crippen LogP contribution >= 0.6 is 0 Å². The Balaban J connectivity index is 1.91. The highest BCUT2D eigenvalue weighted by molar-refractivity contribution is 5.24. The minimum Gasteiger partial charge on any atom is -0.305 e. The first-order chi connectivity index (χ1) is 9.24. The molecule has 1 aliphatic heterocycles. The molecule has 2 rings (SSSR count). The molecule has 0 radical (unpaired) electrons. The summed E-state index contributed by atoms with van der Waals surface area (Å²) in [5.74, 6) is 2.72. The lowest BCUT2D eigenvalue weighted by Gasteiger charge is -2.42. The lowest BCUT2D eigenvalue weighted by Crippen LogP contribution is -2.56. The molecule has 0 amide bonds. The molecule has 2 nitrogen and oxygen atoms in total. The zero-order chi connectivity index (χ0) is 13.6. The van der Waals surface area contributed by atoms with Crippen LogP contribution in [0, 0.1) is 12.3 Å². The summed E-state index contributed by atoms with van der Waals surface area (Å²) in [4.78, 5) is 2.56. The topological polar surface area (TPSA) is 15.3 Å². The highest BCUT2D eigenvalue weighted by Crippen LogP contribution is 2.24. The largest absolute Gasteiger partial charge is 0.305 e. The van der Waals surface area contributed by atoms with Gasteiger partial charge in [-0.25, -0.2) is 0 Å². The lowest BCUT2D eigenvalue weighted by atomic mass is 9.89. The second kappa shape index (κ2) is 6.75. The third-order valence-electron chi connectivity index (χ3n) is 3.94. The molecule has 2 heteroatoms. The predicted octanol–water partition coefficient (Wildman–Crippen LogP) is 2.61. The van der Waals surface area contributed by atoms with Gasteiger partial charge in [-0.1, -0.05) is 30.3 Å². The molecule has 1 unspecified atom stereocenters. The summed E-state index contributed by atoms with van der Waals surface area (Å²) in [6.45, 7) is 6.73. The van der Waals surface area contributed by atoms with E-state index in [1.54, 1.807) is 0 Å². The van der Waals surface area contributed by atoms with E-state index in [4.69, 9.17) is 6.42 Å². The van der Waals surface area contributed by atoms with Crippen LogP contribution in [-0.4, -0.2) is 31.1 Å². The van der Waals surface area contributed by atoms with Crippen LogP contribution in [0.3, 0.4) is 0 Å². The van der Waals surface area contributed by atoms with Crippen molar-refractivity contribution in [1.82, 2.24) is 10.2 Å². The Morgan fingerprint density at radius 3 is 2.84 bits per heavy atom. The molecule has 19 heavy (non-hydrogen) atoms. The number of benzene rings is 1. The van der Waals surface area contributed by atoms with Crippen LogP contribution in [0.4, 0.5) is 0 Å². The molecule has 1 aliphatic rings. The Hall–Kier alpha value is -1.30. The number of hydrogen-bond donors (Lipinski definition) is 1. The smallest absolute Gasteiger partial charge is 0.0535 e. The van der Waals surface area contributed by atoms with E-state index in [1.165, 1.54) is 12.0 Å². The van der Waals surface area contributed by atoms with E-state index in [-0.39, 0.29) is 5.54 Å². The molecular formula is C17H24N2. The van der Waals surface area contributed by atoms with Gasteiger partial charge in [0.05, 0.1) is 5.54 Å². The highest BCUT2D eigenvalue weighted by Gasteiger charge is 2.31. The van der Waals surface area contributed by atoms with Gasteiger partial charge in [0.15, 0.2) is 0 Å². The molecule has 102 valence electrons. The summed E-state index contributed by atoms with van der Waals surface area (Å²) in [7, 11) is 0. The second-order valence-electron chi connectivity index (χ2n) is 5.56. The van der Waals surface area contributed by atoms with Crippen molar-refractivity contribution in [1.29, 1.82) is 0 Å². The second-order valence-corrected chi connectivity index (χ2v) is 5.56. The molecule has 1 aromatic rings. The number of nitrogens with one attached hydrogen (secondary N) is 1. The maximum atomic E-state index is 5.29. The Bertz CT molecular complexity index is 421. The molecule has 0 spiro atoms. The zero-order valence-electron chi connectivity index (χ0n) is 11.9. The van der Waals surface area contributed by atoms with Crippen LogP contribution in [-0.2, 0) is 5.54 Å². The molecule has 1 fully saturated rings. The fourth-order valence-electron chi connectivity index (χ4n) is 2.82. The summed E-state index contributed by atoms with van der Waals surface area (Å²) in [6.07, 6.45) is 8.54. The van der Waals surface area contributed by atoms with E-state index in [2.05, 4.69) is 53.4 Å². The minimum atomic E-state index is 0.0750. The van der Waals surface area contributed by atoms with Crippen molar-refractivity contribution in [3.05, 3.63) is 35.9 Å². The number of terminal acetylenes is 1. The first-order valence-electron chi connectivity index (χ1n) is 7.21. The Kier molecular flexibility index (Phi) is 5.01. The summed E-state index contributed by atoms with van der Waals surface area (Å²) in [5.41, 5.74) is 1.45. The molecular weight excluding hydrogens is 232 g/mol.